The highest BCUT2D eigenvalue weighted by Crippen LogP contribution is 2.28. The summed E-state index contributed by atoms with van der Waals surface area (Å²) in [7, 11) is 0. The van der Waals surface area contributed by atoms with Gasteiger partial charge in [0.15, 0.2) is 11.5 Å². The van der Waals surface area contributed by atoms with E-state index in [0.29, 0.717) is 30.3 Å². The molecular formula is C18H28N2O4. The van der Waals surface area contributed by atoms with Gasteiger partial charge in [0, 0.05) is 11.6 Å². The predicted molar refractivity (Wildman–Crippen MR) is 93.6 cm³/mol. The smallest absolute Gasteiger partial charge is 0.251 e. The quantitative estimate of drug-likeness (QED) is 0.688. The zero-order chi connectivity index (χ0) is 17.9. The minimum Gasteiger partial charge on any atom is -0.490 e. The van der Waals surface area contributed by atoms with Crippen molar-refractivity contribution in [1.82, 2.24) is 10.6 Å². The minimum atomic E-state index is -0.322. The number of amides is 2. The molecule has 6 nitrogen and oxygen atoms in total. The summed E-state index contributed by atoms with van der Waals surface area (Å²) in [5.41, 5.74) is 0.433. The third kappa shape index (κ3) is 6.89. The van der Waals surface area contributed by atoms with Crippen molar-refractivity contribution in [2.75, 3.05) is 19.8 Å². The molecule has 1 rings (SSSR count). The lowest BCUT2D eigenvalue weighted by Gasteiger charge is -2.14. The first-order valence-corrected chi connectivity index (χ1v) is 8.45. The molecule has 2 amide bonds. The van der Waals surface area contributed by atoms with Crippen molar-refractivity contribution in [3.8, 4) is 11.5 Å². The molecule has 0 aliphatic heterocycles. The van der Waals surface area contributed by atoms with Crippen LogP contribution in [0.1, 0.15) is 50.9 Å². The SMILES string of the molecule is CCCOc1ccc(C(=O)NCC(=O)NC(C)C)cc1OCCC. The Hall–Kier alpha value is -2.24. The molecule has 134 valence electrons. The predicted octanol–water partition coefficient (Wildman–Crippen LogP) is 2.52. The number of carbonyl (C=O) groups is 2. The van der Waals surface area contributed by atoms with E-state index in [1.54, 1.807) is 18.2 Å². The highest BCUT2D eigenvalue weighted by Gasteiger charge is 2.13. The van der Waals surface area contributed by atoms with Crippen molar-refractivity contribution in [1.29, 1.82) is 0 Å². The first-order valence-electron chi connectivity index (χ1n) is 8.45. The number of nitrogens with one attached hydrogen (secondary N) is 2. The Bertz CT molecular complexity index is 544. The summed E-state index contributed by atoms with van der Waals surface area (Å²) < 4.78 is 11.3. The molecule has 0 aromatic heterocycles. The van der Waals surface area contributed by atoms with Crippen molar-refractivity contribution in [2.45, 2.75) is 46.6 Å². The van der Waals surface area contributed by atoms with Gasteiger partial charge in [-0.05, 0) is 44.9 Å². The van der Waals surface area contributed by atoms with Crippen LogP contribution in [-0.4, -0.2) is 37.6 Å². The van der Waals surface area contributed by atoms with Gasteiger partial charge in [-0.3, -0.25) is 9.59 Å². The maximum Gasteiger partial charge on any atom is 0.251 e. The number of ether oxygens (including phenoxy) is 2. The molecule has 0 aliphatic carbocycles. The lowest BCUT2D eigenvalue weighted by atomic mass is 10.2. The second-order valence-electron chi connectivity index (χ2n) is 5.76. The topological polar surface area (TPSA) is 76.7 Å². The van der Waals surface area contributed by atoms with E-state index in [1.807, 2.05) is 27.7 Å². The van der Waals surface area contributed by atoms with Crippen LogP contribution in [-0.2, 0) is 4.79 Å². The van der Waals surface area contributed by atoms with Crippen molar-refractivity contribution >= 4 is 11.8 Å². The maximum atomic E-state index is 12.2. The van der Waals surface area contributed by atoms with Gasteiger partial charge in [0.1, 0.15) is 0 Å². The fourth-order valence-electron chi connectivity index (χ4n) is 1.94. The van der Waals surface area contributed by atoms with Crippen LogP contribution in [0.4, 0.5) is 0 Å². The molecule has 0 saturated heterocycles. The van der Waals surface area contributed by atoms with Crippen molar-refractivity contribution in [3.05, 3.63) is 23.8 Å². The lowest BCUT2D eigenvalue weighted by molar-refractivity contribution is -0.120. The first-order chi connectivity index (χ1) is 11.5. The van der Waals surface area contributed by atoms with Gasteiger partial charge in [-0.25, -0.2) is 0 Å². The summed E-state index contributed by atoms with van der Waals surface area (Å²) in [4.78, 5) is 23.8. The molecule has 0 unspecified atom stereocenters. The van der Waals surface area contributed by atoms with Crippen LogP contribution >= 0.6 is 0 Å². The van der Waals surface area contributed by atoms with Gasteiger partial charge >= 0.3 is 0 Å². The average Bonchev–Trinajstić information content (AvgIpc) is 2.55. The van der Waals surface area contributed by atoms with E-state index in [-0.39, 0.29) is 24.4 Å². The molecule has 0 aliphatic rings. The van der Waals surface area contributed by atoms with Crippen LogP contribution in [0.5, 0.6) is 11.5 Å². The Morgan fingerprint density at radius 1 is 1.04 bits per heavy atom. The number of carbonyl (C=O) groups excluding carboxylic acids is 2. The van der Waals surface area contributed by atoms with E-state index < -0.39 is 0 Å². The van der Waals surface area contributed by atoms with Gasteiger partial charge in [0.05, 0.1) is 19.8 Å². The molecule has 0 radical (unpaired) electrons. The molecule has 1 aromatic carbocycles. The molecule has 1 aromatic rings. The van der Waals surface area contributed by atoms with Gasteiger partial charge in [0.2, 0.25) is 5.91 Å². The summed E-state index contributed by atoms with van der Waals surface area (Å²) >= 11 is 0. The number of hydrogen-bond acceptors (Lipinski definition) is 4. The van der Waals surface area contributed by atoms with E-state index in [2.05, 4.69) is 10.6 Å². The highest BCUT2D eigenvalue weighted by molar-refractivity contribution is 5.97. The third-order valence-corrected chi connectivity index (χ3v) is 2.99. The fourth-order valence-corrected chi connectivity index (χ4v) is 1.94. The standard InChI is InChI=1S/C18H28N2O4/c1-5-9-23-15-8-7-14(11-16(15)24-10-6-2)18(22)19-12-17(21)20-13(3)4/h7-8,11,13H,5-6,9-10,12H2,1-4H3,(H,19,22)(H,20,21). The van der Waals surface area contributed by atoms with Gasteiger partial charge < -0.3 is 20.1 Å². The zero-order valence-corrected chi connectivity index (χ0v) is 15.0. The summed E-state index contributed by atoms with van der Waals surface area (Å²) in [6, 6.07) is 5.08. The van der Waals surface area contributed by atoms with Gasteiger partial charge in [0.25, 0.3) is 5.91 Å². The van der Waals surface area contributed by atoms with Crippen molar-refractivity contribution < 1.29 is 19.1 Å². The maximum absolute atomic E-state index is 12.2. The molecule has 2 N–H and O–H groups in total. The van der Waals surface area contributed by atoms with Crippen LogP contribution in [0, 0.1) is 0 Å². The second kappa shape index (κ2) is 10.5. The van der Waals surface area contributed by atoms with Crippen LogP contribution in [0.25, 0.3) is 0 Å². The molecule has 0 heterocycles. The zero-order valence-electron chi connectivity index (χ0n) is 15.0. The van der Waals surface area contributed by atoms with Gasteiger partial charge in [-0.2, -0.15) is 0 Å². The summed E-state index contributed by atoms with van der Waals surface area (Å²) in [5, 5.41) is 5.33. The first kappa shape index (κ1) is 19.8. The molecular weight excluding hydrogens is 308 g/mol. The fraction of sp³-hybridized carbons (Fsp3) is 0.556. The monoisotopic (exact) mass is 336 g/mol. The molecule has 24 heavy (non-hydrogen) atoms. The molecule has 0 bridgehead atoms. The average molecular weight is 336 g/mol. The Morgan fingerprint density at radius 2 is 1.67 bits per heavy atom. The van der Waals surface area contributed by atoms with Gasteiger partial charge in [-0.15, -0.1) is 0 Å². The van der Waals surface area contributed by atoms with Gasteiger partial charge in [-0.1, -0.05) is 13.8 Å². The van der Waals surface area contributed by atoms with Crippen molar-refractivity contribution in [3.63, 3.8) is 0 Å². The van der Waals surface area contributed by atoms with Crippen LogP contribution < -0.4 is 20.1 Å². The highest BCUT2D eigenvalue weighted by atomic mass is 16.5. The molecule has 0 atom stereocenters. The van der Waals surface area contributed by atoms with Crippen LogP contribution in [0.15, 0.2) is 18.2 Å². The lowest BCUT2D eigenvalue weighted by Crippen LogP contribution is -2.39. The van der Waals surface area contributed by atoms with E-state index in [1.165, 1.54) is 0 Å². The number of rotatable bonds is 10. The minimum absolute atomic E-state index is 0.0402. The Morgan fingerprint density at radius 3 is 2.25 bits per heavy atom. The summed E-state index contributed by atoms with van der Waals surface area (Å²) in [5.74, 6) is 0.630. The van der Waals surface area contributed by atoms with E-state index in [4.69, 9.17) is 9.47 Å². The molecule has 0 saturated carbocycles. The van der Waals surface area contributed by atoms with Crippen molar-refractivity contribution in [2.24, 2.45) is 0 Å². The van der Waals surface area contributed by atoms with E-state index >= 15 is 0 Å². The Balaban J connectivity index is 2.75. The third-order valence-electron chi connectivity index (χ3n) is 2.99. The number of benzene rings is 1. The normalized spacial score (nSPS) is 10.4. The summed E-state index contributed by atoms with van der Waals surface area (Å²) in [6.45, 7) is 8.84. The molecule has 0 spiro atoms. The Labute approximate surface area is 143 Å². The Kier molecular flexibility index (Phi) is 8.68. The largest absolute Gasteiger partial charge is 0.490 e. The molecule has 0 fully saturated rings. The van der Waals surface area contributed by atoms with E-state index in [9.17, 15) is 9.59 Å². The van der Waals surface area contributed by atoms with Crippen LogP contribution in [0.2, 0.25) is 0 Å². The summed E-state index contributed by atoms with van der Waals surface area (Å²) in [6.07, 6.45) is 1.75. The van der Waals surface area contributed by atoms with E-state index in [0.717, 1.165) is 12.8 Å². The second-order valence-corrected chi connectivity index (χ2v) is 5.76. The van der Waals surface area contributed by atoms with Crippen LogP contribution in [0.3, 0.4) is 0 Å². The molecule has 6 heteroatoms. The number of hydrogen-bond donors (Lipinski definition) is 2.